The van der Waals surface area contributed by atoms with Gasteiger partial charge in [-0.05, 0) is 37.6 Å². The van der Waals surface area contributed by atoms with Crippen molar-refractivity contribution in [3.05, 3.63) is 41.9 Å². The summed E-state index contributed by atoms with van der Waals surface area (Å²) in [6, 6.07) is 8.59. The zero-order valence-electron chi connectivity index (χ0n) is 14.1. The molecule has 2 aromatic rings. The van der Waals surface area contributed by atoms with Crippen LogP contribution in [0.25, 0.3) is 0 Å². The van der Waals surface area contributed by atoms with E-state index in [1.807, 2.05) is 25.3 Å². The van der Waals surface area contributed by atoms with E-state index in [-0.39, 0.29) is 0 Å². The molecule has 2 aliphatic heterocycles. The van der Waals surface area contributed by atoms with Crippen molar-refractivity contribution in [3.8, 4) is 11.5 Å². The van der Waals surface area contributed by atoms with Gasteiger partial charge in [0, 0.05) is 38.4 Å². The molecule has 1 fully saturated rings. The molecule has 0 radical (unpaired) electrons. The predicted molar refractivity (Wildman–Crippen MR) is 91.5 cm³/mol. The zero-order valence-corrected chi connectivity index (χ0v) is 14.1. The van der Waals surface area contributed by atoms with Gasteiger partial charge in [-0.1, -0.05) is 6.07 Å². The van der Waals surface area contributed by atoms with Crippen molar-refractivity contribution in [2.45, 2.75) is 19.9 Å². The van der Waals surface area contributed by atoms with Gasteiger partial charge in [0.1, 0.15) is 11.6 Å². The van der Waals surface area contributed by atoms with Gasteiger partial charge in [-0.2, -0.15) is 0 Å². The lowest BCUT2D eigenvalue weighted by Gasteiger charge is -2.38. The van der Waals surface area contributed by atoms with Crippen molar-refractivity contribution < 1.29 is 9.47 Å². The minimum Gasteiger partial charge on any atom is -0.454 e. The number of rotatable bonds is 3. The number of benzene rings is 1. The van der Waals surface area contributed by atoms with Crippen molar-refractivity contribution in [2.75, 3.05) is 37.9 Å². The summed E-state index contributed by atoms with van der Waals surface area (Å²) in [6.45, 7) is 8.49. The molecule has 6 nitrogen and oxygen atoms in total. The third kappa shape index (κ3) is 2.89. The minimum absolute atomic E-state index is 0.324. The highest BCUT2D eigenvalue weighted by atomic mass is 16.7. The number of aromatic nitrogens is 2. The predicted octanol–water partition coefficient (Wildman–Crippen LogP) is 2.40. The minimum atomic E-state index is 0.324. The topological polar surface area (TPSA) is 50.7 Å². The molecule has 1 unspecified atom stereocenters. The number of hydrogen-bond donors (Lipinski definition) is 0. The van der Waals surface area contributed by atoms with Crippen LogP contribution in [0.1, 0.15) is 24.4 Å². The Labute approximate surface area is 142 Å². The fourth-order valence-corrected chi connectivity index (χ4v) is 3.34. The van der Waals surface area contributed by atoms with Crippen LogP contribution in [-0.2, 0) is 0 Å². The highest BCUT2D eigenvalue weighted by molar-refractivity contribution is 5.45. The van der Waals surface area contributed by atoms with Crippen molar-refractivity contribution in [3.63, 3.8) is 0 Å². The van der Waals surface area contributed by atoms with Crippen LogP contribution in [0.5, 0.6) is 11.5 Å². The van der Waals surface area contributed by atoms with Crippen LogP contribution in [0.2, 0.25) is 0 Å². The maximum absolute atomic E-state index is 5.50. The quantitative estimate of drug-likeness (QED) is 0.863. The number of fused-ring (bicyclic) bond motifs is 1. The molecule has 1 aromatic heterocycles. The van der Waals surface area contributed by atoms with Crippen molar-refractivity contribution in [1.82, 2.24) is 14.9 Å². The van der Waals surface area contributed by atoms with Crippen LogP contribution in [-0.4, -0.2) is 47.8 Å². The fraction of sp³-hybridized carbons (Fsp3) is 0.444. The van der Waals surface area contributed by atoms with Gasteiger partial charge in [-0.25, -0.2) is 9.97 Å². The molecule has 0 bridgehead atoms. The molecule has 6 heteroatoms. The van der Waals surface area contributed by atoms with E-state index in [9.17, 15) is 0 Å². The van der Waals surface area contributed by atoms with Gasteiger partial charge < -0.3 is 14.4 Å². The standard InChI is InChI=1S/C18H22N4O2/c1-13(15-3-4-16-17(11-15)24-12-23-16)21-7-9-22(10-8-21)18-5-6-19-14(2)20-18/h3-6,11,13H,7-10,12H2,1-2H3. The van der Waals surface area contributed by atoms with E-state index in [1.165, 1.54) is 5.56 Å². The lowest BCUT2D eigenvalue weighted by molar-refractivity contribution is 0.173. The van der Waals surface area contributed by atoms with E-state index >= 15 is 0 Å². The molecule has 126 valence electrons. The molecular weight excluding hydrogens is 304 g/mol. The molecule has 0 N–H and O–H groups in total. The second-order valence-corrected chi connectivity index (χ2v) is 6.27. The first-order chi connectivity index (χ1) is 11.7. The molecule has 2 aliphatic rings. The maximum atomic E-state index is 5.50. The summed E-state index contributed by atoms with van der Waals surface area (Å²) in [5.74, 6) is 3.55. The highest BCUT2D eigenvalue weighted by Crippen LogP contribution is 2.35. The number of anilines is 1. The lowest BCUT2D eigenvalue weighted by Crippen LogP contribution is -2.47. The van der Waals surface area contributed by atoms with Gasteiger partial charge in [0.15, 0.2) is 11.5 Å². The monoisotopic (exact) mass is 326 g/mol. The van der Waals surface area contributed by atoms with Crippen LogP contribution < -0.4 is 14.4 Å². The van der Waals surface area contributed by atoms with Crippen molar-refractivity contribution in [2.24, 2.45) is 0 Å². The molecule has 0 aliphatic carbocycles. The van der Waals surface area contributed by atoms with Crippen LogP contribution in [0.15, 0.2) is 30.5 Å². The maximum Gasteiger partial charge on any atom is 0.231 e. The first kappa shape index (κ1) is 15.2. The van der Waals surface area contributed by atoms with Crippen LogP contribution >= 0.6 is 0 Å². The molecule has 1 saturated heterocycles. The molecule has 0 spiro atoms. The number of aryl methyl sites for hydroxylation is 1. The first-order valence-corrected chi connectivity index (χ1v) is 8.39. The third-order valence-corrected chi connectivity index (χ3v) is 4.83. The Morgan fingerprint density at radius 3 is 2.62 bits per heavy atom. The molecule has 3 heterocycles. The van der Waals surface area contributed by atoms with E-state index in [1.54, 1.807) is 0 Å². The number of hydrogen-bond acceptors (Lipinski definition) is 6. The van der Waals surface area contributed by atoms with E-state index in [2.05, 4.69) is 38.8 Å². The molecular formula is C18H22N4O2. The Morgan fingerprint density at radius 2 is 1.83 bits per heavy atom. The number of nitrogens with zero attached hydrogens (tertiary/aromatic N) is 4. The highest BCUT2D eigenvalue weighted by Gasteiger charge is 2.24. The summed E-state index contributed by atoms with van der Waals surface area (Å²) in [6.07, 6.45) is 1.83. The second-order valence-electron chi connectivity index (χ2n) is 6.27. The molecule has 24 heavy (non-hydrogen) atoms. The van der Waals surface area contributed by atoms with Crippen LogP contribution in [0, 0.1) is 6.92 Å². The number of ether oxygens (including phenoxy) is 2. The van der Waals surface area contributed by atoms with Gasteiger partial charge in [0.25, 0.3) is 0 Å². The van der Waals surface area contributed by atoms with Crippen molar-refractivity contribution >= 4 is 5.82 Å². The van der Waals surface area contributed by atoms with E-state index < -0.39 is 0 Å². The van der Waals surface area contributed by atoms with Crippen LogP contribution in [0.3, 0.4) is 0 Å². The largest absolute Gasteiger partial charge is 0.454 e. The fourth-order valence-electron chi connectivity index (χ4n) is 3.34. The summed E-state index contributed by atoms with van der Waals surface area (Å²) < 4.78 is 10.9. The average molecular weight is 326 g/mol. The molecule has 1 aromatic carbocycles. The van der Waals surface area contributed by atoms with Crippen LogP contribution in [0.4, 0.5) is 5.82 Å². The van der Waals surface area contributed by atoms with Crippen molar-refractivity contribution in [1.29, 1.82) is 0 Å². The van der Waals surface area contributed by atoms with Gasteiger partial charge in [-0.15, -0.1) is 0 Å². The Bertz CT molecular complexity index is 729. The summed E-state index contributed by atoms with van der Waals surface area (Å²) in [5.41, 5.74) is 1.27. The Hall–Kier alpha value is -2.34. The summed E-state index contributed by atoms with van der Waals surface area (Å²) in [5, 5.41) is 0. The Balaban J connectivity index is 1.42. The number of piperazine rings is 1. The smallest absolute Gasteiger partial charge is 0.231 e. The van der Waals surface area contributed by atoms with E-state index in [0.29, 0.717) is 12.8 Å². The normalized spacial score (nSPS) is 18.7. The summed E-state index contributed by atoms with van der Waals surface area (Å²) in [7, 11) is 0. The van der Waals surface area contributed by atoms with E-state index in [0.717, 1.165) is 49.3 Å². The van der Waals surface area contributed by atoms with Gasteiger partial charge >= 0.3 is 0 Å². The third-order valence-electron chi connectivity index (χ3n) is 4.83. The van der Waals surface area contributed by atoms with Gasteiger partial charge in [-0.3, -0.25) is 4.90 Å². The molecule has 0 amide bonds. The summed E-state index contributed by atoms with van der Waals surface area (Å²) in [4.78, 5) is 13.5. The van der Waals surface area contributed by atoms with Gasteiger partial charge in [0.05, 0.1) is 0 Å². The molecule has 0 saturated carbocycles. The zero-order chi connectivity index (χ0) is 16.5. The Morgan fingerprint density at radius 1 is 1.04 bits per heavy atom. The second kappa shape index (κ2) is 6.28. The SMILES string of the molecule is Cc1nccc(N2CCN(C(C)c3ccc4c(c3)OCO4)CC2)n1. The van der Waals surface area contributed by atoms with E-state index in [4.69, 9.17) is 9.47 Å². The summed E-state index contributed by atoms with van der Waals surface area (Å²) >= 11 is 0. The Kier molecular flexibility index (Phi) is 3.98. The first-order valence-electron chi connectivity index (χ1n) is 8.39. The molecule has 1 atom stereocenters. The molecule has 4 rings (SSSR count). The van der Waals surface area contributed by atoms with Gasteiger partial charge in [0.2, 0.25) is 6.79 Å². The average Bonchev–Trinajstić information content (AvgIpc) is 3.09. The lowest BCUT2D eigenvalue weighted by atomic mass is 10.1.